The molecule has 2 aliphatic heterocycles. The maximum absolute atomic E-state index is 13.2. The molecule has 29 heavy (non-hydrogen) atoms. The van der Waals surface area contributed by atoms with Gasteiger partial charge >= 0.3 is 0 Å². The molecule has 3 heterocycles. The fourth-order valence-corrected chi connectivity index (χ4v) is 5.52. The van der Waals surface area contributed by atoms with Crippen LogP contribution in [-0.2, 0) is 10.0 Å². The molecule has 0 aliphatic carbocycles. The molecule has 150 valence electrons. The largest absolute Gasteiger partial charge is 0.370 e. The number of aromatic nitrogens is 2. The Kier molecular flexibility index (Phi) is 4.11. The van der Waals surface area contributed by atoms with Crippen LogP contribution in [0.5, 0.6) is 0 Å². The van der Waals surface area contributed by atoms with Gasteiger partial charge in [-0.1, -0.05) is 30.3 Å². The summed E-state index contributed by atoms with van der Waals surface area (Å²) >= 11 is 0. The van der Waals surface area contributed by atoms with Gasteiger partial charge in [0.15, 0.2) is 5.96 Å². The van der Waals surface area contributed by atoms with Gasteiger partial charge in [-0.05, 0) is 31.0 Å². The van der Waals surface area contributed by atoms with Crippen molar-refractivity contribution in [1.29, 1.82) is 0 Å². The number of nitrogens with one attached hydrogen (secondary N) is 2. The zero-order chi connectivity index (χ0) is 20.1. The average molecular weight is 411 g/mol. The summed E-state index contributed by atoms with van der Waals surface area (Å²) in [7, 11) is -3.58. The maximum atomic E-state index is 13.2. The van der Waals surface area contributed by atoms with Gasteiger partial charge in [-0.25, -0.2) is 13.4 Å². The highest BCUT2D eigenvalue weighted by molar-refractivity contribution is 7.89. The second kappa shape index (κ2) is 6.57. The lowest BCUT2D eigenvalue weighted by Crippen LogP contribution is -2.55. The molecule has 1 aromatic heterocycles. The minimum absolute atomic E-state index is 0.200. The third-order valence-electron chi connectivity index (χ3n) is 5.76. The van der Waals surface area contributed by atoms with E-state index in [1.165, 1.54) is 0 Å². The summed E-state index contributed by atoms with van der Waals surface area (Å²) in [5.41, 5.74) is 7.95. The van der Waals surface area contributed by atoms with Gasteiger partial charge in [0.05, 0.1) is 28.0 Å². The number of piperidine rings is 1. The second-order valence-corrected chi connectivity index (χ2v) is 9.58. The quantitative estimate of drug-likeness (QED) is 0.607. The van der Waals surface area contributed by atoms with E-state index in [2.05, 4.69) is 20.3 Å². The van der Waals surface area contributed by atoms with E-state index in [0.29, 0.717) is 44.0 Å². The van der Waals surface area contributed by atoms with Crippen molar-refractivity contribution in [3.63, 3.8) is 0 Å². The fraction of sp³-hybridized carbons (Fsp3) is 0.300. The predicted octanol–water partition coefficient (Wildman–Crippen LogP) is 1.67. The number of sulfonamides is 1. The number of H-pyrrole nitrogens is 1. The highest BCUT2D eigenvalue weighted by Crippen LogP contribution is 2.30. The van der Waals surface area contributed by atoms with E-state index < -0.39 is 10.0 Å². The number of fused-ring (bicyclic) bond motifs is 1. The minimum atomic E-state index is -3.58. The molecule has 5 rings (SSSR count). The van der Waals surface area contributed by atoms with Crippen molar-refractivity contribution in [1.82, 2.24) is 19.6 Å². The van der Waals surface area contributed by atoms with Crippen molar-refractivity contribution in [3.05, 3.63) is 48.5 Å². The Hall–Kier alpha value is -2.91. The van der Waals surface area contributed by atoms with Gasteiger partial charge in [0, 0.05) is 18.7 Å². The Labute approximate surface area is 168 Å². The van der Waals surface area contributed by atoms with Crippen LogP contribution in [0.2, 0.25) is 0 Å². The van der Waals surface area contributed by atoms with Gasteiger partial charge in [-0.2, -0.15) is 4.31 Å². The molecule has 0 bridgehead atoms. The van der Waals surface area contributed by atoms with Crippen molar-refractivity contribution in [2.45, 2.75) is 23.3 Å². The van der Waals surface area contributed by atoms with E-state index in [0.717, 1.165) is 16.9 Å². The number of hydrogen-bond donors (Lipinski definition) is 3. The van der Waals surface area contributed by atoms with Gasteiger partial charge in [0.25, 0.3) is 0 Å². The third-order valence-corrected chi connectivity index (χ3v) is 7.66. The molecule has 2 aliphatic rings. The van der Waals surface area contributed by atoms with E-state index >= 15 is 0 Å². The number of guanidine groups is 1. The summed E-state index contributed by atoms with van der Waals surface area (Å²) in [4.78, 5) is 12.3. The van der Waals surface area contributed by atoms with Crippen LogP contribution in [0.15, 0.2) is 58.4 Å². The molecule has 0 saturated carbocycles. The van der Waals surface area contributed by atoms with Gasteiger partial charge in [-0.3, -0.25) is 4.99 Å². The standard InChI is InChI=1S/C20H22N6O2S/c21-19-22-13-20(25-19)8-10-26(11-9-20)29(27,28)15-6-7-16-17(12-15)24-18(23-16)14-4-2-1-3-5-14/h1-7,12H,8-11,13H2,(H,23,24)(H3,21,22,25). The average Bonchev–Trinajstić information content (AvgIpc) is 3.32. The predicted molar refractivity (Wildman–Crippen MR) is 112 cm³/mol. The normalized spacial score (nSPS) is 19.4. The van der Waals surface area contributed by atoms with Crippen LogP contribution < -0.4 is 11.1 Å². The van der Waals surface area contributed by atoms with E-state index in [-0.39, 0.29) is 10.4 Å². The highest BCUT2D eigenvalue weighted by Gasteiger charge is 2.41. The topological polar surface area (TPSA) is 116 Å². The summed E-state index contributed by atoms with van der Waals surface area (Å²) in [6, 6.07) is 14.8. The molecule has 0 unspecified atom stereocenters. The smallest absolute Gasteiger partial charge is 0.243 e. The Balaban J connectivity index is 1.40. The monoisotopic (exact) mass is 410 g/mol. The summed E-state index contributed by atoms with van der Waals surface area (Å²) < 4.78 is 27.9. The van der Waals surface area contributed by atoms with E-state index in [9.17, 15) is 8.42 Å². The first-order chi connectivity index (χ1) is 14.0. The first-order valence-corrected chi connectivity index (χ1v) is 11.0. The number of aromatic amines is 1. The van der Waals surface area contributed by atoms with E-state index in [4.69, 9.17) is 5.73 Å². The Morgan fingerprint density at radius 3 is 2.52 bits per heavy atom. The lowest BCUT2D eigenvalue weighted by molar-refractivity contribution is 0.231. The molecule has 4 N–H and O–H groups in total. The molecule has 9 heteroatoms. The van der Waals surface area contributed by atoms with Crippen molar-refractivity contribution >= 4 is 27.0 Å². The molecule has 0 atom stereocenters. The lowest BCUT2D eigenvalue weighted by Gasteiger charge is -2.38. The molecule has 1 spiro atoms. The van der Waals surface area contributed by atoms with Crippen molar-refractivity contribution in [3.8, 4) is 11.4 Å². The molecule has 2 aromatic carbocycles. The van der Waals surface area contributed by atoms with Crippen LogP contribution in [0.1, 0.15) is 12.8 Å². The maximum Gasteiger partial charge on any atom is 0.243 e. The number of hydrogen-bond acceptors (Lipinski definition) is 6. The number of rotatable bonds is 3. The van der Waals surface area contributed by atoms with Gasteiger partial charge in [0.1, 0.15) is 5.82 Å². The zero-order valence-electron chi connectivity index (χ0n) is 15.8. The summed E-state index contributed by atoms with van der Waals surface area (Å²) in [6.45, 7) is 1.48. The van der Waals surface area contributed by atoms with Crippen LogP contribution in [0.4, 0.5) is 0 Å². The summed E-state index contributed by atoms with van der Waals surface area (Å²) in [5.74, 6) is 1.17. The molecule has 1 fully saturated rings. The highest BCUT2D eigenvalue weighted by atomic mass is 32.2. The number of imidazole rings is 1. The van der Waals surface area contributed by atoms with Gasteiger partial charge in [0.2, 0.25) is 10.0 Å². The van der Waals surface area contributed by atoms with Crippen molar-refractivity contribution in [2.24, 2.45) is 10.7 Å². The first-order valence-electron chi connectivity index (χ1n) is 9.59. The summed E-state index contributed by atoms with van der Waals surface area (Å²) in [5, 5.41) is 3.22. The molecule has 0 radical (unpaired) electrons. The fourth-order valence-electron chi connectivity index (χ4n) is 4.06. The third kappa shape index (κ3) is 3.16. The van der Waals surface area contributed by atoms with Crippen molar-refractivity contribution in [2.75, 3.05) is 19.6 Å². The molecular weight excluding hydrogens is 388 g/mol. The SMILES string of the molecule is NC1=NCC2(CCN(S(=O)(=O)c3ccc4nc(-c5ccccc5)[nH]c4c3)CC2)N1. The second-order valence-electron chi connectivity index (χ2n) is 7.64. The number of nitrogens with two attached hydrogens (primary N) is 1. The zero-order valence-corrected chi connectivity index (χ0v) is 16.6. The van der Waals surface area contributed by atoms with Crippen LogP contribution in [0.3, 0.4) is 0 Å². The molecule has 8 nitrogen and oxygen atoms in total. The molecule has 0 amide bonds. The first kappa shape index (κ1) is 18.1. The molecule has 3 aromatic rings. The molecular formula is C20H22N6O2S. The number of benzene rings is 2. The van der Waals surface area contributed by atoms with Crippen LogP contribution >= 0.6 is 0 Å². The number of aliphatic imine (C=N–C) groups is 1. The van der Waals surface area contributed by atoms with Crippen LogP contribution in [0, 0.1) is 0 Å². The Morgan fingerprint density at radius 1 is 1.07 bits per heavy atom. The van der Waals surface area contributed by atoms with E-state index in [1.54, 1.807) is 22.5 Å². The minimum Gasteiger partial charge on any atom is -0.370 e. The van der Waals surface area contributed by atoms with Gasteiger partial charge < -0.3 is 16.0 Å². The van der Waals surface area contributed by atoms with E-state index in [1.807, 2.05) is 30.3 Å². The van der Waals surface area contributed by atoms with Gasteiger partial charge in [-0.15, -0.1) is 0 Å². The number of nitrogens with zero attached hydrogens (tertiary/aromatic N) is 3. The summed E-state index contributed by atoms with van der Waals surface area (Å²) in [6.07, 6.45) is 1.36. The lowest BCUT2D eigenvalue weighted by atomic mass is 9.89. The van der Waals surface area contributed by atoms with Crippen LogP contribution in [0.25, 0.3) is 22.4 Å². The Morgan fingerprint density at radius 2 is 1.83 bits per heavy atom. The van der Waals surface area contributed by atoms with Crippen molar-refractivity contribution < 1.29 is 8.42 Å². The van der Waals surface area contributed by atoms with Crippen LogP contribution in [-0.4, -0.2) is 53.8 Å². The Bertz CT molecular complexity index is 1190. The molecule has 1 saturated heterocycles.